The van der Waals surface area contributed by atoms with E-state index in [1.165, 1.54) is 18.9 Å². The van der Waals surface area contributed by atoms with Gasteiger partial charge < -0.3 is 24.6 Å². The van der Waals surface area contributed by atoms with Gasteiger partial charge in [0.1, 0.15) is 5.69 Å². The van der Waals surface area contributed by atoms with Crippen molar-refractivity contribution in [2.45, 2.75) is 44.6 Å². The molecule has 5 rings (SSSR count). The third-order valence-electron chi connectivity index (χ3n) is 7.75. The Morgan fingerprint density at radius 1 is 1.16 bits per heavy atom. The van der Waals surface area contributed by atoms with E-state index in [-0.39, 0.29) is 17.3 Å². The Balaban J connectivity index is 1.42. The molecule has 2 aromatic rings. The van der Waals surface area contributed by atoms with Crippen LogP contribution in [0.5, 0.6) is 0 Å². The van der Waals surface area contributed by atoms with E-state index >= 15 is 0 Å². The summed E-state index contributed by atoms with van der Waals surface area (Å²) in [7, 11) is -3.72. The molecule has 1 spiro atoms. The van der Waals surface area contributed by atoms with Crippen molar-refractivity contribution in [2.75, 3.05) is 53.6 Å². The molecule has 1 aliphatic carbocycles. The van der Waals surface area contributed by atoms with Gasteiger partial charge in [0.2, 0.25) is 10.0 Å². The van der Waals surface area contributed by atoms with Crippen LogP contribution in [0.4, 0.5) is 17.1 Å². The van der Waals surface area contributed by atoms with Gasteiger partial charge in [0, 0.05) is 25.9 Å². The lowest BCUT2D eigenvalue weighted by Gasteiger charge is -2.35. The molecule has 200 valence electrons. The van der Waals surface area contributed by atoms with Crippen molar-refractivity contribution in [1.29, 1.82) is 0 Å². The molecule has 0 bridgehead atoms. The summed E-state index contributed by atoms with van der Waals surface area (Å²) in [5, 5.41) is 11.9. The quantitative estimate of drug-likeness (QED) is 0.478. The number of carbonyl (C=O) groups is 1. The Kier molecular flexibility index (Phi) is 7.28. The largest absolute Gasteiger partial charge is 0.395 e. The van der Waals surface area contributed by atoms with E-state index in [2.05, 4.69) is 14.9 Å². The molecule has 1 atom stereocenters. The summed E-state index contributed by atoms with van der Waals surface area (Å²) in [5.74, 6) is -0.843. The van der Waals surface area contributed by atoms with Crippen LogP contribution in [-0.4, -0.2) is 62.7 Å². The molecule has 10 nitrogen and oxygen atoms in total. The molecule has 37 heavy (non-hydrogen) atoms. The number of aliphatic hydroxyl groups is 1. The van der Waals surface area contributed by atoms with Crippen molar-refractivity contribution < 1.29 is 23.1 Å². The van der Waals surface area contributed by atoms with Crippen LogP contribution in [-0.2, 0) is 14.8 Å². The minimum absolute atomic E-state index is 0.0667. The number of nitrogens with one attached hydrogen (secondary N) is 2. The van der Waals surface area contributed by atoms with Gasteiger partial charge in [0.05, 0.1) is 41.9 Å². The third-order valence-corrected chi connectivity index (χ3v) is 9.02. The Bertz CT molecular complexity index is 1300. The smallest absolute Gasteiger partial charge is 0.274 e. The fraction of sp³-hybridized carbons (Fsp3) is 0.538. The highest BCUT2D eigenvalue weighted by Gasteiger charge is 2.44. The molecule has 3 heterocycles. The average molecular weight is 531 g/mol. The first-order valence-electron chi connectivity index (χ1n) is 12.9. The van der Waals surface area contributed by atoms with Crippen molar-refractivity contribution >= 4 is 33.0 Å². The lowest BCUT2D eigenvalue weighted by Crippen LogP contribution is -2.36. The molecule has 1 amide bonds. The lowest BCUT2D eigenvalue weighted by atomic mass is 9.93. The van der Waals surface area contributed by atoms with Crippen LogP contribution in [0, 0.1) is 5.41 Å². The maximum absolute atomic E-state index is 13.5. The molecule has 3 fully saturated rings. The van der Waals surface area contributed by atoms with E-state index in [1.807, 2.05) is 0 Å². The first kappa shape index (κ1) is 25.7. The number of ether oxygens (including phenoxy) is 1. The van der Waals surface area contributed by atoms with E-state index in [9.17, 15) is 18.0 Å². The van der Waals surface area contributed by atoms with Gasteiger partial charge in [-0.05, 0) is 74.3 Å². The minimum Gasteiger partial charge on any atom is -0.395 e. The molecule has 3 N–H and O–H groups in total. The number of hydrogen-bond acceptors (Lipinski definition) is 7. The molecule has 1 aromatic carbocycles. The molecule has 1 saturated carbocycles. The Morgan fingerprint density at radius 3 is 2.62 bits per heavy atom. The van der Waals surface area contributed by atoms with Crippen molar-refractivity contribution in [3.63, 3.8) is 0 Å². The number of aromatic nitrogens is 1. The molecule has 3 aliphatic rings. The lowest BCUT2D eigenvalue weighted by molar-refractivity contribution is 0.0580. The topological polar surface area (TPSA) is 130 Å². The first-order chi connectivity index (χ1) is 17.8. The fourth-order valence-corrected chi connectivity index (χ4v) is 6.15. The van der Waals surface area contributed by atoms with Gasteiger partial charge in [0.15, 0.2) is 0 Å². The van der Waals surface area contributed by atoms with E-state index in [0.29, 0.717) is 35.6 Å². The molecule has 1 unspecified atom stereocenters. The summed E-state index contributed by atoms with van der Waals surface area (Å²) in [6, 6.07) is 8.04. The van der Waals surface area contributed by atoms with Crippen molar-refractivity contribution in [3.8, 4) is 0 Å². The number of pyridine rings is 1. The van der Waals surface area contributed by atoms with Crippen LogP contribution in [0.1, 0.15) is 54.9 Å². The monoisotopic (exact) mass is 530 g/mol. The number of benzene rings is 1. The number of nitrogens with zero attached hydrogens (tertiary/aromatic N) is 2. The summed E-state index contributed by atoms with van der Waals surface area (Å²) >= 11 is 0. The van der Waals surface area contributed by atoms with Gasteiger partial charge >= 0.3 is 0 Å². The van der Waals surface area contributed by atoms with Crippen LogP contribution in [0.15, 0.2) is 41.3 Å². The number of carbonyl (C=O) groups excluding carboxylic acids is 1. The van der Waals surface area contributed by atoms with Crippen molar-refractivity contribution in [1.82, 2.24) is 4.57 Å². The number of rotatable bonds is 8. The number of piperidine rings is 1. The van der Waals surface area contributed by atoms with Gasteiger partial charge in [-0.2, -0.15) is 0 Å². The predicted molar refractivity (Wildman–Crippen MR) is 142 cm³/mol. The highest BCUT2D eigenvalue weighted by molar-refractivity contribution is 7.92. The van der Waals surface area contributed by atoms with Crippen molar-refractivity contribution in [2.24, 2.45) is 5.41 Å². The summed E-state index contributed by atoms with van der Waals surface area (Å²) in [4.78, 5) is 28.7. The summed E-state index contributed by atoms with van der Waals surface area (Å²) in [6.07, 6.45) is 7.97. The van der Waals surface area contributed by atoms with E-state index in [1.54, 1.807) is 35.0 Å². The number of hydrogen-bond donors (Lipinski definition) is 3. The molecular formula is C26H34N4O6S. The maximum Gasteiger partial charge on any atom is 0.274 e. The predicted octanol–water partition coefficient (Wildman–Crippen LogP) is 2.57. The Labute approximate surface area is 216 Å². The van der Waals surface area contributed by atoms with Gasteiger partial charge in [-0.1, -0.05) is 0 Å². The molecule has 2 aliphatic heterocycles. The standard InChI is InChI=1S/C26H34N4O6S/c31-14-16-37(34,35)28-19-5-6-21(23(17-19)29-12-9-26(7-8-26)10-13-29)24(32)27-22-4-1-11-30(25(22)33)20-3-2-15-36-18-20/h1,4-6,11,17,20,28,31H,2-3,7-10,12-16,18H2,(H,27,32). The highest BCUT2D eigenvalue weighted by Crippen LogP contribution is 2.54. The van der Waals surface area contributed by atoms with Crippen LogP contribution in [0.3, 0.4) is 0 Å². The molecule has 1 aromatic heterocycles. The van der Waals surface area contributed by atoms with Gasteiger partial charge in [-0.3, -0.25) is 14.3 Å². The highest BCUT2D eigenvalue weighted by atomic mass is 32.2. The second kappa shape index (κ2) is 10.5. The third kappa shape index (κ3) is 5.83. The van der Waals surface area contributed by atoms with Gasteiger partial charge in [-0.25, -0.2) is 8.42 Å². The second-order valence-electron chi connectivity index (χ2n) is 10.3. The van der Waals surface area contributed by atoms with E-state index in [0.717, 1.165) is 38.8 Å². The minimum atomic E-state index is -3.72. The zero-order chi connectivity index (χ0) is 26.0. The number of anilines is 3. The average Bonchev–Trinajstić information content (AvgIpc) is 3.64. The van der Waals surface area contributed by atoms with Crippen LogP contribution in [0.25, 0.3) is 0 Å². The Hall–Kier alpha value is -2.89. The normalized spacial score (nSPS) is 21.0. The fourth-order valence-electron chi connectivity index (χ4n) is 5.32. The summed E-state index contributed by atoms with van der Waals surface area (Å²) < 4.78 is 34.1. The van der Waals surface area contributed by atoms with Gasteiger partial charge in [0.25, 0.3) is 11.5 Å². The summed E-state index contributed by atoms with van der Waals surface area (Å²) in [5.41, 5.74) is 1.65. The van der Waals surface area contributed by atoms with E-state index < -0.39 is 28.3 Å². The van der Waals surface area contributed by atoms with Crippen molar-refractivity contribution in [3.05, 3.63) is 52.4 Å². The second-order valence-corrected chi connectivity index (χ2v) is 12.2. The van der Waals surface area contributed by atoms with Crippen LogP contribution in [0.2, 0.25) is 0 Å². The Morgan fingerprint density at radius 2 is 1.95 bits per heavy atom. The molecule has 11 heteroatoms. The maximum atomic E-state index is 13.5. The molecule has 0 radical (unpaired) electrons. The number of sulfonamides is 1. The molecular weight excluding hydrogens is 496 g/mol. The first-order valence-corrected chi connectivity index (χ1v) is 14.6. The number of aliphatic hydroxyl groups excluding tert-OH is 1. The number of amides is 1. The van der Waals surface area contributed by atoms with Gasteiger partial charge in [-0.15, -0.1) is 0 Å². The molecule has 2 saturated heterocycles. The SMILES string of the molecule is O=C(Nc1cccn(C2CCCOC2)c1=O)c1ccc(NS(=O)(=O)CCO)cc1N1CCC2(CC1)CC2. The zero-order valence-electron chi connectivity index (χ0n) is 20.8. The van der Waals surface area contributed by atoms with E-state index in [4.69, 9.17) is 9.84 Å². The van der Waals surface area contributed by atoms with Crippen LogP contribution >= 0.6 is 0 Å². The summed E-state index contributed by atoms with van der Waals surface area (Å²) in [6.45, 7) is 2.21. The zero-order valence-corrected chi connectivity index (χ0v) is 21.6. The van der Waals surface area contributed by atoms with Crippen LogP contribution < -0.4 is 20.5 Å².